The highest BCUT2D eigenvalue weighted by atomic mass is 16.5. The number of nitrogens with one attached hydrogen (secondary N) is 1. The van der Waals surface area contributed by atoms with Crippen molar-refractivity contribution in [2.24, 2.45) is 0 Å². The molecule has 1 aromatic rings. The number of aromatic nitrogens is 2. The van der Waals surface area contributed by atoms with Crippen molar-refractivity contribution in [3.8, 4) is 0 Å². The molecule has 0 atom stereocenters. The van der Waals surface area contributed by atoms with Gasteiger partial charge in [0, 0.05) is 38.7 Å². The van der Waals surface area contributed by atoms with Crippen molar-refractivity contribution < 1.29 is 4.74 Å². The van der Waals surface area contributed by atoms with Gasteiger partial charge in [-0.1, -0.05) is 0 Å². The highest BCUT2D eigenvalue weighted by Crippen LogP contribution is 2.17. The lowest BCUT2D eigenvalue weighted by Gasteiger charge is -2.37. The summed E-state index contributed by atoms with van der Waals surface area (Å²) in [6.07, 6.45) is 7.33. The second-order valence-corrected chi connectivity index (χ2v) is 5.39. The lowest BCUT2D eigenvalue weighted by molar-refractivity contribution is 0.0981. The van der Waals surface area contributed by atoms with Crippen LogP contribution in [0.2, 0.25) is 0 Å². The quantitative estimate of drug-likeness (QED) is 0.757. The fourth-order valence-corrected chi connectivity index (χ4v) is 2.74. The molecule has 1 aromatic heterocycles. The first-order chi connectivity index (χ1) is 9.29. The van der Waals surface area contributed by atoms with Gasteiger partial charge in [0.15, 0.2) is 0 Å². The average molecular weight is 266 g/mol. The predicted octanol–water partition coefficient (Wildman–Crippen LogP) is 1.34. The molecule has 1 aliphatic heterocycles. The number of rotatable bonds is 7. The molecule has 0 bridgehead atoms. The van der Waals surface area contributed by atoms with Crippen LogP contribution in [0.25, 0.3) is 0 Å². The maximum Gasteiger partial charge on any atom is 0.120 e. The molecule has 1 aliphatic rings. The van der Waals surface area contributed by atoms with Crippen molar-refractivity contribution >= 4 is 0 Å². The summed E-state index contributed by atoms with van der Waals surface area (Å²) in [6.45, 7) is 5.24. The Morgan fingerprint density at radius 1 is 1.47 bits per heavy atom. The van der Waals surface area contributed by atoms with Crippen LogP contribution in [0.1, 0.15) is 25.1 Å². The summed E-state index contributed by atoms with van der Waals surface area (Å²) in [5, 5.41) is 0. The molecule has 2 rings (SSSR count). The van der Waals surface area contributed by atoms with E-state index in [1.54, 1.807) is 7.11 Å². The third kappa shape index (κ3) is 4.60. The number of methoxy groups -OCH3 is 1. The zero-order chi connectivity index (χ0) is 13.5. The molecule has 108 valence electrons. The van der Waals surface area contributed by atoms with Gasteiger partial charge in [-0.05, 0) is 39.4 Å². The molecule has 0 unspecified atom stereocenters. The standard InChI is InChI=1S/C14H26N4O/c1-17-9-4-13(5-10-17)18(8-3-11-19-2)12-14-15-6-7-16-14/h6-7,13H,3-5,8-12H2,1-2H3,(H,15,16). The van der Waals surface area contributed by atoms with Crippen LogP contribution in [-0.2, 0) is 11.3 Å². The summed E-state index contributed by atoms with van der Waals surface area (Å²) in [5.41, 5.74) is 0. The minimum atomic E-state index is 0.679. The highest BCUT2D eigenvalue weighted by molar-refractivity contribution is 4.89. The van der Waals surface area contributed by atoms with Crippen LogP contribution in [0.15, 0.2) is 12.4 Å². The second kappa shape index (κ2) is 7.62. The first-order valence-electron chi connectivity index (χ1n) is 7.19. The van der Waals surface area contributed by atoms with Gasteiger partial charge in [-0.15, -0.1) is 0 Å². The van der Waals surface area contributed by atoms with E-state index in [2.05, 4.69) is 26.8 Å². The SMILES string of the molecule is COCCCN(Cc1ncc[nH]1)C1CCN(C)CC1. The highest BCUT2D eigenvalue weighted by Gasteiger charge is 2.23. The third-order valence-electron chi connectivity index (χ3n) is 3.91. The first kappa shape index (κ1) is 14.5. The fourth-order valence-electron chi connectivity index (χ4n) is 2.74. The molecular weight excluding hydrogens is 240 g/mol. The van der Waals surface area contributed by atoms with Gasteiger partial charge in [-0.3, -0.25) is 4.90 Å². The zero-order valence-corrected chi connectivity index (χ0v) is 12.1. The Kier molecular flexibility index (Phi) is 5.82. The molecule has 0 amide bonds. The lowest BCUT2D eigenvalue weighted by atomic mass is 10.0. The van der Waals surface area contributed by atoms with E-state index in [0.717, 1.165) is 31.9 Å². The van der Waals surface area contributed by atoms with Crippen molar-refractivity contribution in [2.45, 2.75) is 31.8 Å². The van der Waals surface area contributed by atoms with Crippen molar-refractivity contribution in [3.63, 3.8) is 0 Å². The number of H-pyrrole nitrogens is 1. The van der Waals surface area contributed by atoms with Crippen LogP contribution in [0.3, 0.4) is 0 Å². The van der Waals surface area contributed by atoms with Crippen LogP contribution in [0, 0.1) is 0 Å². The maximum atomic E-state index is 5.17. The Labute approximate surface area is 116 Å². The molecular formula is C14H26N4O. The molecule has 2 heterocycles. The second-order valence-electron chi connectivity index (χ2n) is 5.39. The topological polar surface area (TPSA) is 44.4 Å². The summed E-state index contributed by atoms with van der Waals surface area (Å²) in [7, 11) is 3.98. The molecule has 0 aliphatic carbocycles. The molecule has 0 aromatic carbocycles. The van der Waals surface area contributed by atoms with Crippen LogP contribution in [-0.4, -0.2) is 66.2 Å². The molecule has 5 nitrogen and oxygen atoms in total. The van der Waals surface area contributed by atoms with Crippen molar-refractivity contribution in [2.75, 3.05) is 40.4 Å². The van der Waals surface area contributed by atoms with Gasteiger partial charge >= 0.3 is 0 Å². The van der Waals surface area contributed by atoms with Crippen LogP contribution >= 0.6 is 0 Å². The lowest BCUT2D eigenvalue weighted by Crippen LogP contribution is -2.44. The summed E-state index contributed by atoms with van der Waals surface area (Å²) < 4.78 is 5.17. The Balaban J connectivity index is 1.89. The summed E-state index contributed by atoms with van der Waals surface area (Å²) >= 11 is 0. The van der Waals surface area contributed by atoms with Gasteiger partial charge in [-0.25, -0.2) is 4.98 Å². The molecule has 19 heavy (non-hydrogen) atoms. The Hall–Kier alpha value is -0.910. The van der Waals surface area contributed by atoms with E-state index in [1.807, 2.05) is 12.4 Å². The molecule has 0 spiro atoms. The summed E-state index contributed by atoms with van der Waals surface area (Å²) in [6, 6.07) is 0.679. The number of hydrogen-bond acceptors (Lipinski definition) is 4. The number of aromatic amines is 1. The molecule has 5 heteroatoms. The van der Waals surface area contributed by atoms with E-state index in [-0.39, 0.29) is 0 Å². The normalized spacial score (nSPS) is 18.3. The Bertz CT molecular complexity index is 333. The van der Waals surface area contributed by atoms with Crippen molar-refractivity contribution in [1.82, 2.24) is 19.8 Å². The number of ether oxygens (including phenoxy) is 1. The van der Waals surface area contributed by atoms with E-state index in [1.165, 1.54) is 25.9 Å². The van der Waals surface area contributed by atoms with Gasteiger partial charge in [0.05, 0.1) is 6.54 Å². The van der Waals surface area contributed by atoms with E-state index in [4.69, 9.17) is 4.74 Å². The first-order valence-corrected chi connectivity index (χ1v) is 7.19. The summed E-state index contributed by atoms with van der Waals surface area (Å²) in [4.78, 5) is 12.5. The zero-order valence-electron chi connectivity index (χ0n) is 12.1. The molecule has 1 N–H and O–H groups in total. The molecule has 0 radical (unpaired) electrons. The average Bonchev–Trinajstić information content (AvgIpc) is 2.92. The monoisotopic (exact) mass is 266 g/mol. The number of nitrogens with zero attached hydrogens (tertiary/aromatic N) is 3. The van der Waals surface area contributed by atoms with Gasteiger partial charge in [0.25, 0.3) is 0 Å². The summed E-state index contributed by atoms with van der Waals surface area (Å²) in [5.74, 6) is 1.07. The van der Waals surface area contributed by atoms with Crippen molar-refractivity contribution in [1.29, 1.82) is 0 Å². The molecule has 1 fully saturated rings. The predicted molar refractivity (Wildman–Crippen MR) is 76.0 cm³/mol. The van der Waals surface area contributed by atoms with E-state index in [9.17, 15) is 0 Å². The molecule has 0 saturated carbocycles. The maximum absolute atomic E-state index is 5.17. The van der Waals surface area contributed by atoms with Gasteiger partial charge < -0.3 is 14.6 Å². The van der Waals surface area contributed by atoms with Crippen LogP contribution in [0.4, 0.5) is 0 Å². The Morgan fingerprint density at radius 3 is 2.89 bits per heavy atom. The minimum Gasteiger partial charge on any atom is -0.385 e. The largest absolute Gasteiger partial charge is 0.385 e. The van der Waals surface area contributed by atoms with Crippen LogP contribution in [0.5, 0.6) is 0 Å². The minimum absolute atomic E-state index is 0.679. The van der Waals surface area contributed by atoms with Gasteiger partial charge in [0.1, 0.15) is 5.82 Å². The number of piperidine rings is 1. The number of likely N-dealkylation sites (tertiary alicyclic amines) is 1. The van der Waals surface area contributed by atoms with E-state index >= 15 is 0 Å². The van der Waals surface area contributed by atoms with Crippen LogP contribution < -0.4 is 0 Å². The van der Waals surface area contributed by atoms with Gasteiger partial charge in [-0.2, -0.15) is 0 Å². The number of hydrogen-bond donors (Lipinski definition) is 1. The van der Waals surface area contributed by atoms with E-state index in [0.29, 0.717) is 6.04 Å². The Morgan fingerprint density at radius 2 is 2.26 bits per heavy atom. The van der Waals surface area contributed by atoms with E-state index < -0.39 is 0 Å². The fraction of sp³-hybridized carbons (Fsp3) is 0.786. The van der Waals surface area contributed by atoms with Gasteiger partial charge in [0.2, 0.25) is 0 Å². The smallest absolute Gasteiger partial charge is 0.120 e. The molecule has 1 saturated heterocycles. The van der Waals surface area contributed by atoms with Crippen molar-refractivity contribution in [3.05, 3.63) is 18.2 Å². The number of imidazole rings is 1. The third-order valence-corrected chi connectivity index (χ3v) is 3.91.